The number of carbonyl (C=O) groups excluding carboxylic acids is 1. The Kier molecular flexibility index (Phi) is 4.89. The van der Waals surface area contributed by atoms with Gasteiger partial charge in [0.15, 0.2) is 0 Å². The van der Waals surface area contributed by atoms with Crippen molar-refractivity contribution in [3.8, 4) is 0 Å². The van der Waals surface area contributed by atoms with Gasteiger partial charge in [-0.25, -0.2) is 0 Å². The maximum absolute atomic E-state index is 12.3. The number of nitrogens with one attached hydrogen (secondary N) is 1. The van der Waals surface area contributed by atoms with Crippen molar-refractivity contribution in [1.82, 2.24) is 0 Å². The summed E-state index contributed by atoms with van der Waals surface area (Å²) in [6.07, 6.45) is 2.86. The fourth-order valence-electron chi connectivity index (χ4n) is 2.56. The van der Waals surface area contributed by atoms with Crippen LogP contribution in [-0.2, 0) is 9.59 Å². The van der Waals surface area contributed by atoms with Gasteiger partial charge >= 0.3 is 5.97 Å². The van der Waals surface area contributed by atoms with Crippen LogP contribution >= 0.6 is 23.2 Å². The molecule has 1 aliphatic rings. The summed E-state index contributed by atoms with van der Waals surface area (Å²) >= 11 is 11.8. The van der Waals surface area contributed by atoms with Crippen LogP contribution in [0.2, 0.25) is 10.0 Å². The normalized spacial score (nSPS) is 22.3. The number of halogens is 2. The Morgan fingerprint density at radius 1 is 1.15 bits per heavy atom. The summed E-state index contributed by atoms with van der Waals surface area (Å²) in [7, 11) is 0. The number of aliphatic carboxylic acids is 1. The molecule has 0 radical (unpaired) electrons. The highest BCUT2D eigenvalue weighted by atomic mass is 35.5. The monoisotopic (exact) mass is 315 g/mol. The van der Waals surface area contributed by atoms with Gasteiger partial charge in [-0.3, -0.25) is 9.59 Å². The molecule has 0 saturated heterocycles. The smallest absolute Gasteiger partial charge is 0.307 e. The van der Waals surface area contributed by atoms with Crippen molar-refractivity contribution in [2.24, 2.45) is 11.8 Å². The van der Waals surface area contributed by atoms with E-state index in [2.05, 4.69) is 5.32 Å². The standard InChI is InChI=1S/C14H15Cl2NO3/c15-8-5-6-12(11(16)7-8)17-13(18)9-3-1-2-4-10(9)14(19)20/h5-7,9-10H,1-4H2,(H,17,18)(H,19,20)/t9-,10+/m0/s1. The lowest BCUT2D eigenvalue weighted by molar-refractivity contribution is -0.147. The van der Waals surface area contributed by atoms with Gasteiger partial charge in [-0.05, 0) is 31.0 Å². The molecule has 2 atom stereocenters. The van der Waals surface area contributed by atoms with Gasteiger partial charge in [0, 0.05) is 5.02 Å². The largest absolute Gasteiger partial charge is 0.481 e. The van der Waals surface area contributed by atoms with Crippen LogP contribution < -0.4 is 5.32 Å². The second-order valence-corrected chi connectivity index (χ2v) is 5.79. The topological polar surface area (TPSA) is 66.4 Å². The lowest BCUT2D eigenvalue weighted by Crippen LogP contribution is -2.36. The van der Waals surface area contributed by atoms with E-state index in [0.717, 1.165) is 12.8 Å². The van der Waals surface area contributed by atoms with E-state index < -0.39 is 17.8 Å². The molecule has 0 aliphatic heterocycles. The molecule has 2 rings (SSSR count). The molecule has 4 nitrogen and oxygen atoms in total. The SMILES string of the molecule is O=C(Nc1ccc(Cl)cc1Cl)[C@H]1CCCC[C@H]1C(=O)O. The fourth-order valence-corrected chi connectivity index (χ4v) is 3.01. The van der Waals surface area contributed by atoms with Crippen molar-refractivity contribution >= 4 is 40.8 Å². The first-order valence-corrected chi connectivity index (χ1v) is 7.23. The number of anilines is 1. The van der Waals surface area contributed by atoms with Gasteiger partial charge in [0.2, 0.25) is 5.91 Å². The van der Waals surface area contributed by atoms with Crippen LogP contribution in [0.3, 0.4) is 0 Å². The van der Waals surface area contributed by atoms with Crippen molar-refractivity contribution in [2.75, 3.05) is 5.32 Å². The maximum Gasteiger partial charge on any atom is 0.307 e. The predicted molar refractivity (Wildman–Crippen MR) is 78.2 cm³/mol. The predicted octanol–water partition coefficient (Wildman–Crippen LogP) is 3.82. The summed E-state index contributed by atoms with van der Waals surface area (Å²) in [6, 6.07) is 4.77. The summed E-state index contributed by atoms with van der Waals surface area (Å²) in [5.41, 5.74) is 0.454. The average Bonchev–Trinajstić information content (AvgIpc) is 2.41. The number of carboxylic acid groups (broad SMARTS) is 1. The number of carboxylic acids is 1. The highest BCUT2D eigenvalue weighted by Crippen LogP contribution is 2.32. The zero-order valence-corrected chi connectivity index (χ0v) is 12.2. The first-order valence-electron chi connectivity index (χ1n) is 6.48. The molecule has 0 aromatic heterocycles. The van der Waals surface area contributed by atoms with E-state index in [4.69, 9.17) is 23.2 Å². The molecule has 1 aromatic rings. The van der Waals surface area contributed by atoms with Gasteiger partial charge in [-0.1, -0.05) is 36.0 Å². The third kappa shape index (κ3) is 3.44. The molecule has 0 spiro atoms. The van der Waals surface area contributed by atoms with Crippen LogP contribution in [0, 0.1) is 11.8 Å². The maximum atomic E-state index is 12.3. The van der Waals surface area contributed by atoms with E-state index in [1.165, 1.54) is 6.07 Å². The van der Waals surface area contributed by atoms with E-state index in [9.17, 15) is 14.7 Å². The minimum absolute atomic E-state index is 0.290. The molecule has 1 fully saturated rings. The van der Waals surface area contributed by atoms with Gasteiger partial charge in [0.1, 0.15) is 0 Å². The van der Waals surface area contributed by atoms with Crippen LogP contribution in [-0.4, -0.2) is 17.0 Å². The molecule has 1 saturated carbocycles. The fraction of sp³-hybridized carbons (Fsp3) is 0.429. The molecule has 0 heterocycles. The third-order valence-electron chi connectivity index (χ3n) is 3.61. The summed E-state index contributed by atoms with van der Waals surface area (Å²) < 4.78 is 0. The molecule has 1 aromatic carbocycles. The van der Waals surface area contributed by atoms with Gasteiger partial charge < -0.3 is 10.4 Å². The Morgan fingerprint density at radius 2 is 1.80 bits per heavy atom. The highest BCUT2D eigenvalue weighted by molar-refractivity contribution is 6.36. The van der Waals surface area contributed by atoms with Crippen molar-refractivity contribution in [1.29, 1.82) is 0 Å². The van der Waals surface area contributed by atoms with E-state index in [1.807, 2.05) is 0 Å². The molecule has 20 heavy (non-hydrogen) atoms. The minimum Gasteiger partial charge on any atom is -0.481 e. The van der Waals surface area contributed by atoms with Gasteiger partial charge in [0.05, 0.1) is 22.5 Å². The number of hydrogen-bond acceptors (Lipinski definition) is 2. The summed E-state index contributed by atoms with van der Waals surface area (Å²) in [4.78, 5) is 23.5. The number of amides is 1. The van der Waals surface area contributed by atoms with Gasteiger partial charge in [0.25, 0.3) is 0 Å². The second-order valence-electron chi connectivity index (χ2n) is 4.95. The summed E-state index contributed by atoms with van der Waals surface area (Å²) in [5.74, 6) is -2.32. The van der Waals surface area contributed by atoms with Crippen LogP contribution in [0.4, 0.5) is 5.69 Å². The molecular formula is C14H15Cl2NO3. The zero-order valence-electron chi connectivity index (χ0n) is 10.7. The molecule has 1 amide bonds. The Labute approximate surface area is 127 Å². The van der Waals surface area contributed by atoms with Crippen molar-refractivity contribution in [2.45, 2.75) is 25.7 Å². The van der Waals surface area contributed by atoms with E-state index >= 15 is 0 Å². The van der Waals surface area contributed by atoms with Crippen LogP contribution in [0.15, 0.2) is 18.2 Å². The van der Waals surface area contributed by atoms with E-state index in [-0.39, 0.29) is 5.91 Å². The van der Waals surface area contributed by atoms with E-state index in [1.54, 1.807) is 12.1 Å². The molecule has 108 valence electrons. The van der Waals surface area contributed by atoms with Crippen molar-refractivity contribution in [3.05, 3.63) is 28.2 Å². The molecule has 1 aliphatic carbocycles. The second kappa shape index (κ2) is 6.46. The van der Waals surface area contributed by atoms with Crippen molar-refractivity contribution < 1.29 is 14.7 Å². The third-order valence-corrected chi connectivity index (χ3v) is 4.16. The lowest BCUT2D eigenvalue weighted by Gasteiger charge is -2.27. The van der Waals surface area contributed by atoms with E-state index in [0.29, 0.717) is 28.6 Å². The minimum atomic E-state index is -0.910. The number of rotatable bonds is 3. The Morgan fingerprint density at radius 3 is 2.40 bits per heavy atom. The number of hydrogen-bond donors (Lipinski definition) is 2. The number of carbonyl (C=O) groups is 2. The van der Waals surface area contributed by atoms with Gasteiger partial charge in [-0.2, -0.15) is 0 Å². The van der Waals surface area contributed by atoms with Crippen molar-refractivity contribution in [3.63, 3.8) is 0 Å². The molecule has 0 unspecified atom stereocenters. The quantitative estimate of drug-likeness (QED) is 0.891. The molecule has 2 N–H and O–H groups in total. The Hall–Kier alpha value is -1.26. The average molecular weight is 316 g/mol. The number of benzene rings is 1. The molecule has 6 heteroatoms. The first-order chi connectivity index (χ1) is 9.49. The molecule has 0 bridgehead atoms. The Bertz CT molecular complexity index is 533. The van der Waals surface area contributed by atoms with Crippen LogP contribution in [0.25, 0.3) is 0 Å². The summed E-state index contributed by atoms with van der Waals surface area (Å²) in [6.45, 7) is 0. The molecular weight excluding hydrogens is 301 g/mol. The van der Waals surface area contributed by atoms with Crippen LogP contribution in [0.5, 0.6) is 0 Å². The zero-order chi connectivity index (χ0) is 14.7. The highest BCUT2D eigenvalue weighted by Gasteiger charge is 2.35. The van der Waals surface area contributed by atoms with Gasteiger partial charge in [-0.15, -0.1) is 0 Å². The lowest BCUT2D eigenvalue weighted by atomic mass is 9.78. The summed E-state index contributed by atoms with van der Waals surface area (Å²) in [5, 5.41) is 12.7. The first kappa shape index (κ1) is 15.1. The Balaban J connectivity index is 2.12. The van der Waals surface area contributed by atoms with Crippen LogP contribution in [0.1, 0.15) is 25.7 Å².